The minimum absolute atomic E-state index is 0.0515. The van der Waals surface area contributed by atoms with Crippen LogP contribution in [0.2, 0.25) is 0 Å². The first-order valence-electron chi connectivity index (χ1n) is 7.26. The Morgan fingerprint density at radius 3 is 2.35 bits per heavy atom. The predicted molar refractivity (Wildman–Crippen MR) is 78.7 cm³/mol. The summed E-state index contributed by atoms with van der Waals surface area (Å²) in [5.41, 5.74) is 0. The number of hydrogen-bond donors (Lipinski definition) is 2. The van der Waals surface area contributed by atoms with E-state index < -0.39 is 6.10 Å². The van der Waals surface area contributed by atoms with Gasteiger partial charge in [-0.3, -0.25) is 4.79 Å². The molecule has 0 saturated heterocycles. The maximum absolute atomic E-state index is 12.0. The number of likely N-dealkylation sites (N-methyl/N-ethyl adjacent to an activating group) is 1. The Balaban J connectivity index is 3.93. The van der Waals surface area contributed by atoms with Crippen molar-refractivity contribution in [1.29, 1.82) is 0 Å². The molecule has 0 heterocycles. The van der Waals surface area contributed by atoms with Crippen molar-refractivity contribution in [1.82, 2.24) is 10.2 Å². The van der Waals surface area contributed by atoms with Gasteiger partial charge in [0, 0.05) is 26.7 Å². The van der Waals surface area contributed by atoms with Crippen LogP contribution < -0.4 is 5.32 Å². The van der Waals surface area contributed by atoms with Gasteiger partial charge in [0.25, 0.3) is 0 Å². The molecule has 20 heavy (non-hydrogen) atoms. The van der Waals surface area contributed by atoms with Gasteiger partial charge in [-0.05, 0) is 27.7 Å². The van der Waals surface area contributed by atoms with E-state index in [-0.39, 0.29) is 24.7 Å². The van der Waals surface area contributed by atoms with Gasteiger partial charge in [-0.2, -0.15) is 0 Å². The number of hydrogen-bond acceptors (Lipinski definition) is 5. The van der Waals surface area contributed by atoms with Crippen molar-refractivity contribution in [3.05, 3.63) is 0 Å². The SMILES string of the molecule is CCN(CC)C(=O)C(C)NCC(O)COC(C)COC. The third kappa shape index (κ3) is 7.79. The highest BCUT2D eigenvalue weighted by Crippen LogP contribution is 1.97. The van der Waals surface area contributed by atoms with Gasteiger partial charge in [-0.15, -0.1) is 0 Å². The van der Waals surface area contributed by atoms with Crippen LogP contribution in [0.15, 0.2) is 0 Å². The Morgan fingerprint density at radius 1 is 1.25 bits per heavy atom. The molecule has 0 aliphatic carbocycles. The average molecular weight is 290 g/mol. The van der Waals surface area contributed by atoms with Crippen LogP contribution in [0, 0.1) is 0 Å². The molecule has 0 radical (unpaired) electrons. The Morgan fingerprint density at radius 2 is 1.85 bits per heavy atom. The maximum atomic E-state index is 12.0. The molecule has 3 atom stereocenters. The Bertz CT molecular complexity index is 260. The molecular weight excluding hydrogens is 260 g/mol. The molecule has 0 bridgehead atoms. The molecule has 0 fully saturated rings. The van der Waals surface area contributed by atoms with E-state index in [1.807, 2.05) is 27.7 Å². The molecule has 6 heteroatoms. The standard InChI is InChI=1S/C14H30N2O4/c1-6-16(7-2)14(18)12(4)15-8-13(17)10-20-11(3)9-19-5/h11-13,15,17H,6-10H2,1-5H3. The van der Waals surface area contributed by atoms with Gasteiger partial charge >= 0.3 is 0 Å². The molecule has 0 spiro atoms. The number of ether oxygens (including phenoxy) is 2. The van der Waals surface area contributed by atoms with E-state index in [0.717, 1.165) is 0 Å². The molecule has 1 amide bonds. The fourth-order valence-corrected chi connectivity index (χ4v) is 1.83. The molecular formula is C14H30N2O4. The van der Waals surface area contributed by atoms with Crippen LogP contribution in [-0.4, -0.2) is 74.1 Å². The third-order valence-electron chi connectivity index (χ3n) is 3.08. The van der Waals surface area contributed by atoms with Crippen molar-refractivity contribution >= 4 is 5.91 Å². The normalized spacial score (nSPS) is 15.7. The van der Waals surface area contributed by atoms with Crippen LogP contribution in [0.3, 0.4) is 0 Å². The van der Waals surface area contributed by atoms with Gasteiger partial charge in [-0.1, -0.05) is 0 Å². The van der Waals surface area contributed by atoms with Gasteiger partial charge in [0.05, 0.1) is 31.5 Å². The van der Waals surface area contributed by atoms with E-state index >= 15 is 0 Å². The van der Waals surface area contributed by atoms with E-state index in [1.54, 1.807) is 12.0 Å². The second kappa shape index (κ2) is 11.0. The number of carbonyl (C=O) groups excluding carboxylic acids is 1. The van der Waals surface area contributed by atoms with Crippen molar-refractivity contribution in [2.24, 2.45) is 0 Å². The minimum atomic E-state index is -0.638. The highest BCUT2D eigenvalue weighted by atomic mass is 16.5. The third-order valence-corrected chi connectivity index (χ3v) is 3.08. The highest BCUT2D eigenvalue weighted by Gasteiger charge is 2.18. The fourth-order valence-electron chi connectivity index (χ4n) is 1.83. The lowest BCUT2D eigenvalue weighted by Crippen LogP contribution is -2.47. The van der Waals surface area contributed by atoms with E-state index in [0.29, 0.717) is 26.2 Å². The topological polar surface area (TPSA) is 71.0 Å². The smallest absolute Gasteiger partial charge is 0.239 e. The summed E-state index contributed by atoms with van der Waals surface area (Å²) in [7, 11) is 1.61. The summed E-state index contributed by atoms with van der Waals surface area (Å²) in [5, 5.41) is 12.8. The van der Waals surface area contributed by atoms with Gasteiger partial charge in [0.1, 0.15) is 0 Å². The summed E-state index contributed by atoms with van der Waals surface area (Å²) in [6, 6.07) is -0.305. The highest BCUT2D eigenvalue weighted by molar-refractivity contribution is 5.81. The number of carbonyl (C=O) groups is 1. The number of aliphatic hydroxyl groups is 1. The van der Waals surface area contributed by atoms with Crippen LogP contribution in [0.25, 0.3) is 0 Å². The molecule has 0 rings (SSSR count). The summed E-state index contributed by atoms with van der Waals surface area (Å²) in [5.74, 6) is 0.0517. The lowest BCUT2D eigenvalue weighted by Gasteiger charge is -2.24. The fraction of sp³-hybridized carbons (Fsp3) is 0.929. The average Bonchev–Trinajstić information content (AvgIpc) is 2.44. The summed E-state index contributed by atoms with van der Waals surface area (Å²) in [6.07, 6.45) is -0.689. The number of nitrogens with zero attached hydrogens (tertiary/aromatic N) is 1. The van der Waals surface area contributed by atoms with E-state index in [4.69, 9.17) is 9.47 Å². The van der Waals surface area contributed by atoms with Gasteiger partial charge in [-0.25, -0.2) is 0 Å². The molecule has 2 N–H and O–H groups in total. The van der Waals surface area contributed by atoms with Gasteiger partial charge < -0.3 is 24.8 Å². The van der Waals surface area contributed by atoms with Crippen LogP contribution in [-0.2, 0) is 14.3 Å². The van der Waals surface area contributed by atoms with Crippen molar-refractivity contribution < 1.29 is 19.4 Å². The van der Waals surface area contributed by atoms with E-state index in [2.05, 4.69) is 5.32 Å². The van der Waals surface area contributed by atoms with Crippen molar-refractivity contribution in [2.75, 3.05) is 40.0 Å². The molecule has 120 valence electrons. The zero-order chi connectivity index (χ0) is 15.5. The zero-order valence-corrected chi connectivity index (χ0v) is 13.4. The lowest BCUT2D eigenvalue weighted by molar-refractivity contribution is -0.132. The van der Waals surface area contributed by atoms with E-state index in [1.165, 1.54) is 0 Å². The minimum Gasteiger partial charge on any atom is -0.389 e. The summed E-state index contributed by atoms with van der Waals surface area (Å²) < 4.78 is 10.4. The molecule has 0 aliphatic rings. The molecule has 3 unspecified atom stereocenters. The molecule has 0 aromatic rings. The first-order chi connectivity index (χ1) is 9.46. The van der Waals surface area contributed by atoms with E-state index in [9.17, 15) is 9.90 Å². The van der Waals surface area contributed by atoms with Crippen LogP contribution in [0.1, 0.15) is 27.7 Å². The largest absolute Gasteiger partial charge is 0.389 e. The summed E-state index contributed by atoms with van der Waals surface area (Å²) >= 11 is 0. The number of aliphatic hydroxyl groups excluding tert-OH is 1. The summed E-state index contributed by atoms with van der Waals surface area (Å²) in [4.78, 5) is 13.8. The molecule has 6 nitrogen and oxygen atoms in total. The Labute approximate surface area is 122 Å². The van der Waals surface area contributed by atoms with Crippen molar-refractivity contribution in [3.63, 3.8) is 0 Å². The monoisotopic (exact) mass is 290 g/mol. The number of nitrogens with one attached hydrogen (secondary N) is 1. The van der Waals surface area contributed by atoms with Crippen molar-refractivity contribution in [2.45, 2.75) is 45.9 Å². The van der Waals surface area contributed by atoms with Crippen LogP contribution in [0.4, 0.5) is 0 Å². The molecule has 0 saturated carbocycles. The predicted octanol–water partition coefficient (Wildman–Crippen LogP) is 0.245. The Hall–Kier alpha value is -0.690. The number of amides is 1. The number of methoxy groups -OCH3 is 1. The molecule has 0 aliphatic heterocycles. The number of rotatable bonds is 11. The molecule has 0 aromatic heterocycles. The quantitative estimate of drug-likeness (QED) is 0.570. The second-order valence-electron chi connectivity index (χ2n) is 4.89. The van der Waals surface area contributed by atoms with Gasteiger partial charge in [0.2, 0.25) is 5.91 Å². The molecule has 0 aromatic carbocycles. The zero-order valence-electron chi connectivity index (χ0n) is 13.4. The Kier molecular flexibility index (Phi) is 10.6. The first kappa shape index (κ1) is 19.3. The first-order valence-corrected chi connectivity index (χ1v) is 7.26. The summed E-state index contributed by atoms with van der Waals surface area (Å²) in [6.45, 7) is 10.0. The lowest BCUT2D eigenvalue weighted by atomic mass is 10.2. The van der Waals surface area contributed by atoms with Crippen LogP contribution >= 0.6 is 0 Å². The van der Waals surface area contributed by atoms with Crippen LogP contribution in [0.5, 0.6) is 0 Å². The van der Waals surface area contributed by atoms with Gasteiger partial charge in [0.15, 0.2) is 0 Å². The second-order valence-corrected chi connectivity index (χ2v) is 4.89. The van der Waals surface area contributed by atoms with Crippen molar-refractivity contribution in [3.8, 4) is 0 Å². The maximum Gasteiger partial charge on any atom is 0.239 e.